The van der Waals surface area contributed by atoms with Gasteiger partial charge in [0, 0.05) is 23.2 Å². The third kappa shape index (κ3) is 2.61. The molecule has 0 bridgehead atoms. The van der Waals surface area contributed by atoms with Gasteiger partial charge in [-0.3, -0.25) is 4.68 Å². The second-order valence-corrected chi connectivity index (χ2v) is 5.72. The fourth-order valence-corrected chi connectivity index (χ4v) is 2.55. The average molecular weight is 324 g/mol. The number of nitrogens with two attached hydrogens (primary N) is 1. The van der Waals surface area contributed by atoms with Crippen LogP contribution >= 0.6 is 15.9 Å². The van der Waals surface area contributed by atoms with Gasteiger partial charge >= 0.3 is 0 Å². The molecule has 0 saturated heterocycles. The molecule has 5 heteroatoms. The number of hydrogen-bond donors (Lipinski definition) is 1. The summed E-state index contributed by atoms with van der Waals surface area (Å²) in [7, 11) is 3.51. The molecule has 2 rings (SSSR count). The minimum Gasteiger partial charge on any atom is -0.496 e. The molecule has 0 radical (unpaired) electrons. The molecule has 0 aliphatic rings. The highest BCUT2D eigenvalue weighted by molar-refractivity contribution is 9.10. The summed E-state index contributed by atoms with van der Waals surface area (Å²) >= 11 is 3.55. The van der Waals surface area contributed by atoms with Crippen molar-refractivity contribution in [1.82, 2.24) is 9.78 Å². The molecule has 1 aromatic heterocycles. The lowest BCUT2D eigenvalue weighted by Crippen LogP contribution is -1.99. The van der Waals surface area contributed by atoms with E-state index >= 15 is 0 Å². The Morgan fingerprint density at radius 3 is 2.47 bits per heavy atom. The van der Waals surface area contributed by atoms with Gasteiger partial charge in [-0.05, 0) is 23.6 Å². The van der Waals surface area contributed by atoms with Crippen molar-refractivity contribution < 1.29 is 4.74 Å². The predicted octanol–water partition coefficient (Wildman–Crippen LogP) is 3.56. The number of rotatable bonds is 3. The van der Waals surface area contributed by atoms with E-state index in [0.717, 1.165) is 27.0 Å². The predicted molar refractivity (Wildman–Crippen MR) is 81.4 cm³/mol. The topological polar surface area (TPSA) is 53.1 Å². The normalized spacial score (nSPS) is 11.1. The first-order valence-corrected chi connectivity index (χ1v) is 6.90. The van der Waals surface area contributed by atoms with Gasteiger partial charge in [-0.25, -0.2) is 0 Å². The van der Waals surface area contributed by atoms with Crippen LogP contribution in [0.5, 0.6) is 5.75 Å². The number of ether oxygens (including phenoxy) is 1. The van der Waals surface area contributed by atoms with Crippen LogP contribution < -0.4 is 10.5 Å². The average Bonchev–Trinajstić information content (AvgIpc) is 2.68. The lowest BCUT2D eigenvalue weighted by molar-refractivity contribution is 0.409. The maximum Gasteiger partial charge on any atom is 0.131 e. The Balaban J connectivity index is 2.68. The molecule has 0 spiro atoms. The van der Waals surface area contributed by atoms with Crippen LogP contribution in [-0.4, -0.2) is 16.9 Å². The summed E-state index contributed by atoms with van der Waals surface area (Å²) in [5.74, 6) is 1.85. The molecular weight excluding hydrogens is 306 g/mol. The van der Waals surface area contributed by atoms with Gasteiger partial charge in [-0.15, -0.1) is 0 Å². The van der Waals surface area contributed by atoms with E-state index in [1.165, 1.54) is 0 Å². The summed E-state index contributed by atoms with van der Waals surface area (Å²) in [6.45, 7) is 4.28. The number of methoxy groups -OCH3 is 1. The van der Waals surface area contributed by atoms with Gasteiger partial charge in [0.25, 0.3) is 0 Å². The highest BCUT2D eigenvalue weighted by Gasteiger charge is 2.17. The summed E-state index contributed by atoms with van der Waals surface area (Å²) < 4.78 is 8.25. The van der Waals surface area contributed by atoms with Gasteiger partial charge in [0.15, 0.2) is 0 Å². The molecule has 0 aliphatic carbocycles. The van der Waals surface area contributed by atoms with E-state index in [1.807, 2.05) is 19.2 Å². The Morgan fingerprint density at radius 1 is 1.32 bits per heavy atom. The minimum atomic E-state index is 0.368. The van der Waals surface area contributed by atoms with E-state index in [1.54, 1.807) is 11.8 Å². The first-order valence-electron chi connectivity index (χ1n) is 6.11. The molecule has 2 aromatic rings. The monoisotopic (exact) mass is 323 g/mol. The Bertz CT molecular complexity index is 585. The fourth-order valence-electron chi connectivity index (χ4n) is 2.07. The Morgan fingerprint density at radius 2 is 2.00 bits per heavy atom. The maximum absolute atomic E-state index is 5.85. The van der Waals surface area contributed by atoms with E-state index in [2.05, 4.69) is 40.9 Å². The Kier molecular flexibility index (Phi) is 3.85. The highest BCUT2D eigenvalue weighted by Crippen LogP contribution is 2.39. The molecule has 0 saturated carbocycles. The first kappa shape index (κ1) is 13.9. The van der Waals surface area contributed by atoms with Crippen LogP contribution in [0.2, 0.25) is 0 Å². The van der Waals surface area contributed by atoms with Crippen LogP contribution in [0.25, 0.3) is 11.3 Å². The lowest BCUT2D eigenvalue weighted by atomic mass is 9.98. The quantitative estimate of drug-likeness (QED) is 0.939. The van der Waals surface area contributed by atoms with Crippen molar-refractivity contribution in [3.8, 4) is 17.0 Å². The number of nitrogens with zero attached hydrogens (tertiary/aromatic N) is 2. The van der Waals surface area contributed by atoms with Gasteiger partial charge in [0.05, 0.1) is 12.8 Å². The third-order valence-corrected chi connectivity index (χ3v) is 3.56. The molecule has 2 N–H and O–H groups in total. The second-order valence-electron chi connectivity index (χ2n) is 4.81. The highest BCUT2D eigenvalue weighted by atomic mass is 79.9. The molecule has 102 valence electrons. The smallest absolute Gasteiger partial charge is 0.131 e. The van der Waals surface area contributed by atoms with Crippen LogP contribution in [0.15, 0.2) is 22.7 Å². The van der Waals surface area contributed by atoms with Crippen molar-refractivity contribution in [3.63, 3.8) is 0 Å². The van der Waals surface area contributed by atoms with Crippen molar-refractivity contribution >= 4 is 21.7 Å². The molecule has 0 aliphatic heterocycles. The number of halogens is 1. The number of nitrogen functional groups attached to an aromatic ring is 1. The van der Waals surface area contributed by atoms with Crippen LogP contribution in [0.1, 0.15) is 25.3 Å². The number of anilines is 1. The van der Waals surface area contributed by atoms with Crippen LogP contribution in [0.4, 0.5) is 5.82 Å². The lowest BCUT2D eigenvalue weighted by Gasteiger charge is -2.15. The number of aromatic nitrogens is 2. The van der Waals surface area contributed by atoms with Crippen molar-refractivity contribution in [2.75, 3.05) is 12.8 Å². The van der Waals surface area contributed by atoms with Crippen molar-refractivity contribution in [2.24, 2.45) is 7.05 Å². The zero-order chi connectivity index (χ0) is 14.2. The number of benzene rings is 1. The van der Waals surface area contributed by atoms with E-state index < -0.39 is 0 Å². The SMILES string of the molecule is COc1c(-c2cc(N)n(C)n2)cc(Br)cc1C(C)C. The molecular formula is C14H18BrN3O. The third-order valence-electron chi connectivity index (χ3n) is 3.10. The maximum atomic E-state index is 5.85. The van der Waals surface area contributed by atoms with E-state index in [4.69, 9.17) is 10.5 Å². The molecule has 0 amide bonds. The van der Waals surface area contributed by atoms with Crippen molar-refractivity contribution in [3.05, 3.63) is 28.2 Å². The second kappa shape index (κ2) is 5.25. The molecule has 0 fully saturated rings. The standard InChI is InChI=1S/C14H18BrN3O/c1-8(2)10-5-9(15)6-11(14(10)19-4)12-7-13(16)18(3)17-12/h5-8H,16H2,1-4H3. The van der Waals surface area contributed by atoms with Gasteiger partial charge in [0.1, 0.15) is 11.6 Å². The van der Waals surface area contributed by atoms with Gasteiger partial charge in [-0.1, -0.05) is 29.8 Å². The van der Waals surface area contributed by atoms with Crippen LogP contribution in [-0.2, 0) is 7.05 Å². The van der Waals surface area contributed by atoms with Crippen LogP contribution in [0, 0.1) is 0 Å². The summed E-state index contributed by atoms with van der Waals surface area (Å²) in [5.41, 5.74) is 8.77. The molecule has 1 aromatic carbocycles. The van der Waals surface area contributed by atoms with E-state index in [-0.39, 0.29) is 0 Å². The molecule has 0 atom stereocenters. The summed E-state index contributed by atoms with van der Waals surface area (Å²) in [5, 5.41) is 4.42. The van der Waals surface area contributed by atoms with Gasteiger partial charge < -0.3 is 10.5 Å². The Labute approximate surface area is 121 Å². The molecule has 1 heterocycles. The molecule has 4 nitrogen and oxygen atoms in total. The van der Waals surface area contributed by atoms with Crippen molar-refractivity contribution in [1.29, 1.82) is 0 Å². The summed E-state index contributed by atoms with van der Waals surface area (Å²) in [4.78, 5) is 0. The largest absolute Gasteiger partial charge is 0.496 e. The van der Waals surface area contributed by atoms with Crippen molar-refractivity contribution in [2.45, 2.75) is 19.8 Å². The van der Waals surface area contributed by atoms with Crippen LogP contribution in [0.3, 0.4) is 0 Å². The van der Waals surface area contributed by atoms with E-state index in [9.17, 15) is 0 Å². The van der Waals surface area contributed by atoms with Gasteiger partial charge in [0.2, 0.25) is 0 Å². The molecule has 0 unspecified atom stereocenters. The summed E-state index contributed by atoms with van der Waals surface area (Å²) in [6.07, 6.45) is 0. The summed E-state index contributed by atoms with van der Waals surface area (Å²) in [6, 6.07) is 5.94. The zero-order valence-electron chi connectivity index (χ0n) is 11.6. The van der Waals surface area contributed by atoms with Gasteiger partial charge in [-0.2, -0.15) is 5.10 Å². The molecule has 19 heavy (non-hydrogen) atoms. The first-order chi connectivity index (χ1) is 8.93. The van der Waals surface area contributed by atoms with E-state index in [0.29, 0.717) is 11.7 Å². The zero-order valence-corrected chi connectivity index (χ0v) is 13.2. The number of aryl methyl sites for hydroxylation is 1. The number of hydrogen-bond acceptors (Lipinski definition) is 3. The fraction of sp³-hybridized carbons (Fsp3) is 0.357. The minimum absolute atomic E-state index is 0.368. The Hall–Kier alpha value is -1.49.